The zero-order chi connectivity index (χ0) is 20.1. The van der Waals surface area contributed by atoms with Gasteiger partial charge in [0.25, 0.3) is 11.9 Å². The first kappa shape index (κ1) is 19.6. The Morgan fingerprint density at radius 3 is 2.48 bits per heavy atom. The van der Waals surface area contributed by atoms with Gasteiger partial charge in [0.15, 0.2) is 0 Å². The summed E-state index contributed by atoms with van der Waals surface area (Å²) < 4.78 is 11.9. The third-order valence-electron chi connectivity index (χ3n) is 5.34. The summed E-state index contributed by atoms with van der Waals surface area (Å²) in [6.07, 6.45) is 1.14. The van der Waals surface area contributed by atoms with Gasteiger partial charge in [-0.1, -0.05) is 48.5 Å². The average molecular weight is 393 g/mol. The molecule has 2 aliphatic heterocycles. The van der Waals surface area contributed by atoms with Gasteiger partial charge in [0, 0.05) is 19.6 Å². The average Bonchev–Trinajstić information content (AvgIpc) is 2.83. The lowest BCUT2D eigenvalue weighted by Crippen LogP contribution is -2.40. The third-order valence-corrected chi connectivity index (χ3v) is 5.34. The predicted molar refractivity (Wildman–Crippen MR) is 111 cm³/mol. The fourth-order valence-corrected chi connectivity index (χ4v) is 3.75. The number of carbonyl (C=O) groups is 1. The maximum atomic E-state index is 12.7. The Bertz CT molecular complexity index is 896. The van der Waals surface area contributed by atoms with Crippen LogP contribution in [0, 0.1) is 0 Å². The van der Waals surface area contributed by atoms with E-state index in [1.165, 1.54) is 11.1 Å². The number of fused-ring (bicyclic) bond motifs is 2. The van der Waals surface area contributed by atoms with Crippen LogP contribution in [-0.4, -0.2) is 55.2 Å². The molecule has 0 radical (unpaired) electrons. The summed E-state index contributed by atoms with van der Waals surface area (Å²) >= 11 is 0. The van der Waals surface area contributed by atoms with Gasteiger partial charge in [0.1, 0.15) is 6.73 Å². The number of rotatable bonds is 0. The van der Waals surface area contributed by atoms with Crippen LogP contribution in [-0.2, 0) is 40.3 Å². The number of nitrogens with zero attached hydrogens (tertiary/aromatic N) is 3. The maximum Gasteiger partial charge on any atom is 0.296 e. The minimum absolute atomic E-state index is 0.182. The number of amidine groups is 1. The first-order chi connectivity index (χ1) is 14.2. The van der Waals surface area contributed by atoms with Crippen LogP contribution in [0.4, 0.5) is 0 Å². The van der Waals surface area contributed by atoms with Crippen molar-refractivity contribution in [3.8, 4) is 0 Å². The second-order valence-electron chi connectivity index (χ2n) is 7.58. The largest absolute Gasteiger partial charge is 0.449 e. The van der Waals surface area contributed by atoms with Crippen molar-refractivity contribution in [2.75, 3.05) is 33.5 Å². The predicted octanol–water partition coefficient (Wildman–Crippen LogP) is 2.61. The molecule has 2 heterocycles. The van der Waals surface area contributed by atoms with Gasteiger partial charge in [-0.25, -0.2) is 0 Å². The molecule has 1 amide bonds. The highest BCUT2D eigenvalue weighted by molar-refractivity contribution is 5.91. The fraction of sp³-hybridized carbons (Fsp3) is 0.391. The number of ether oxygens (including phenoxy) is 2. The van der Waals surface area contributed by atoms with E-state index in [9.17, 15) is 4.79 Å². The van der Waals surface area contributed by atoms with Crippen LogP contribution < -0.4 is 0 Å². The topological polar surface area (TPSA) is 54.4 Å². The molecule has 0 aromatic heterocycles. The molecule has 0 saturated carbocycles. The Kier molecular flexibility index (Phi) is 6.22. The van der Waals surface area contributed by atoms with Crippen LogP contribution >= 0.6 is 0 Å². The number of benzene rings is 2. The Morgan fingerprint density at radius 1 is 0.931 bits per heavy atom. The molecule has 0 aliphatic carbocycles. The Labute approximate surface area is 171 Å². The van der Waals surface area contributed by atoms with E-state index in [0.29, 0.717) is 32.5 Å². The lowest BCUT2D eigenvalue weighted by molar-refractivity contribution is -0.117. The van der Waals surface area contributed by atoms with Crippen LogP contribution in [0.25, 0.3) is 0 Å². The van der Waals surface area contributed by atoms with Crippen molar-refractivity contribution in [2.45, 2.75) is 26.0 Å². The molecular weight excluding hydrogens is 366 g/mol. The SMILES string of the molecule is CN1CO/C(N2CCOCc3ccccc3CC2)=N\C(=O)Cc2ccccc2C1. The number of amides is 1. The molecular formula is C23H27N3O3. The summed E-state index contributed by atoms with van der Waals surface area (Å²) in [5.41, 5.74) is 4.64. The summed E-state index contributed by atoms with van der Waals surface area (Å²) in [4.78, 5) is 21.2. The van der Waals surface area contributed by atoms with E-state index in [0.717, 1.165) is 30.6 Å². The third kappa shape index (κ3) is 5.02. The van der Waals surface area contributed by atoms with Crippen LogP contribution in [0.1, 0.15) is 22.3 Å². The van der Waals surface area contributed by atoms with Crippen LogP contribution in [0.5, 0.6) is 0 Å². The van der Waals surface area contributed by atoms with E-state index in [-0.39, 0.29) is 12.3 Å². The summed E-state index contributed by atoms with van der Waals surface area (Å²) in [6.45, 7) is 3.63. The van der Waals surface area contributed by atoms with Crippen molar-refractivity contribution in [2.24, 2.45) is 4.99 Å². The molecule has 152 valence electrons. The number of carbonyl (C=O) groups excluding carboxylic acids is 1. The molecule has 2 aliphatic rings. The van der Waals surface area contributed by atoms with Crippen molar-refractivity contribution in [1.29, 1.82) is 0 Å². The highest BCUT2D eigenvalue weighted by Gasteiger charge is 2.20. The quantitative estimate of drug-likeness (QED) is 0.689. The van der Waals surface area contributed by atoms with Gasteiger partial charge in [0.05, 0.1) is 19.6 Å². The van der Waals surface area contributed by atoms with E-state index in [1.807, 2.05) is 36.2 Å². The lowest BCUT2D eigenvalue weighted by Gasteiger charge is -2.27. The van der Waals surface area contributed by atoms with Crippen molar-refractivity contribution < 1.29 is 14.3 Å². The molecule has 6 nitrogen and oxygen atoms in total. The Balaban J connectivity index is 1.56. The second kappa shape index (κ2) is 9.20. The minimum Gasteiger partial charge on any atom is -0.449 e. The standard InChI is InChI=1S/C23H27N3O3/c1-25-15-20-8-4-3-7-19(20)14-22(27)24-23(29-17-25)26-11-10-18-6-2-5-9-21(18)16-28-13-12-26/h2-9H,10-17H2,1H3/b24-23-. The monoisotopic (exact) mass is 393 g/mol. The van der Waals surface area contributed by atoms with Crippen molar-refractivity contribution in [3.63, 3.8) is 0 Å². The second-order valence-corrected chi connectivity index (χ2v) is 7.58. The number of hydrogen-bond acceptors (Lipinski definition) is 5. The Hall–Kier alpha value is -2.70. The van der Waals surface area contributed by atoms with Crippen LogP contribution in [0.3, 0.4) is 0 Å². The molecule has 0 unspecified atom stereocenters. The van der Waals surface area contributed by atoms with Crippen molar-refractivity contribution >= 4 is 11.9 Å². The maximum absolute atomic E-state index is 12.7. The normalized spacial score (nSPS) is 20.8. The highest BCUT2D eigenvalue weighted by Crippen LogP contribution is 2.16. The van der Waals surface area contributed by atoms with Gasteiger partial charge in [-0.15, -0.1) is 0 Å². The molecule has 0 bridgehead atoms. The summed E-state index contributed by atoms with van der Waals surface area (Å²) in [5.74, 6) is -0.182. The molecule has 2 aromatic carbocycles. The summed E-state index contributed by atoms with van der Waals surface area (Å²) in [6, 6.07) is 16.8. The van der Waals surface area contributed by atoms with Crippen LogP contribution in [0.2, 0.25) is 0 Å². The molecule has 6 heteroatoms. The van der Waals surface area contributed by atoms with Gasteiger partial charge < -0.3 is 14.4 Å². The van der Waals surface area contributed by atoms with Gasteiger partial charge in [0.2, 0.25) is 0 Å². The van der Waals surface area contributed by atoms with E-state index in [1.54, 1.807) is 0 Å². The molecule has 0 N–H and O–H groups in total. The van der Waals surface area contributed by atoms with Gasteiger partial charge in [-0.05, 0) is 35.7 Å². The summed E-state index contributed by atoms with van der Waals surface area (Å²) in [7, 11) is 2.01. The van der Waals surface area contributed by atoms with Crippen molar-refractivity contribution in [3.05, 3.63) is 70.8 Å². The number of hydrogen-bond donors (Lipinski definition) is 0. The number of aliphatic imine (C=N–C) groups is 1. The molecule has 0 spiro atoms. The van der Waals surface area contributed by atoms with Gasteiger partial charge in [-0.2, -0.15) is 4.99 Å². The van der Waals surface area contributed by atoms with E-state index in [2.05, 4.69) is 34.2 Å². The molecule has 0 atom stereocenters. The highest BCUT2D eigenvalue weighted by atomic mass is 16.5. The molecule has 0 saturated heterocycles. The van der Waals surface area contributed by atoms with Gasteiger partial charge >= 0.3 is 0 Å². The molecule has 29 heavy (non-hydrogen) atoms. The first-order valence-electron chi connectivity index (χ1n) is 10.1. The molecule has 0 fully saturated rings. The molecule has 4 rings (SSSR count). The minimum atomic E-state index is -0.182. The van der Waals surface area contributed by atoms with E-state index in [4.69, 9.17) is 9.47 Å². The molecule has 2 aromatic rings. The smallest absolute Gasteiger partial charge is 0.296 e. The van der Waals surface area contributed by atoms with E-state index >= 15 is 0 Å². The van der Waals surface area contributed by atoms with Gasteiger partial charge in [-0.3, -0.25) is 9.69 Å². The Morgan fingerprint density at radius 2 is 1.66 bits per heavy atom. The zero-order valence-corrected chi connectivity index (χ0v) is 16.8. The first-order valence-corrected chi connectivity index (χ1v) is 10.1. The van der Waals surface area contributed by atoms with E-state index < -0.39 is 0 Å². The van der Waals surface area contributed by atoms with Crippen molar-refractivity contribution in [1.82, 2.24) is 9.80 Å². The van der Waals surface area contributed by atoms with Crippen LogP contribution in [0.15, 0.2) is 53.5 Å². The zero-order valence-electron chi connectivity index (χ0n) is 16.8. The summed E-state index contributed by atoms with van der Waals surface area (Å²) in [5, 5.41) is 0. The fourth-order valence-electron chi connectivity index (χ4n) is 3.75. The lowest BCUT2D eigenvalue weighted by atomic mass is 10.0.